The highest BCUT2D eigenvalue weighted by Crippen LogP contribution is 2.47. The molecule has 0 saturated carbocycles. The Morgan fingerprint density at radius 1 is 1.35 bits per heavy atom. The lowest BCUT2D eigenvalue weighted by atomic mass is 9.85. The Labute approximate surface area is 219 Å². The van der Waals surface area contributed by atoms with E-state index < -0.39 is 11.6 Å². The summed E-state index contributed by atoms with van der Waals surface area (Å²) in [6.07, 6.45) is 4.62. The van der Waals surface area contributed by atoms with Crippen LogP contribution in [0.5, 0.6) is 0 Å². The molecule has 1 atom stereocenters. The molecule has 5 rings (SSSR count). The van der Waals surface area contributed by atoms with Crippen molar-refractivity contribution in [1.29, 1.82) is 5.26 Å². The van der Waals surface area contributed by atoms with E-state index in [0.717, 1.165) is 42.0 Å². The summed E-state index contributed by atoms with van der Waals surface area (Å²) in [5, 5.41) is 10.8. The molecule has 0 aliphatic carbocycles. The maximum Gasteiger partial charge on any atom is 0.225 e. The summed E-state index contributed by atoms with van der Waals surface area (Å²) in [4.78, 5) is 11.6. The summed E-state index contributed by atoms with van der Waals surface area (Å²) in [6, 6.07) is 2.14. The smallest absolute Gasteiger partial charge is 0.225 e. The fraction of sp³-hybridized carbons (Fsp3) is 0.393. The maximum atomic E-state index is 16.7. The minimum atomic E-state index is -0.515. The van der Waals surface area contributed by atoms with Crippen LogP contribution in [0, 0.1) is 23.1 Å². The number of halogens is 2. The largest absolute Gasteiger partial charge is 0.389 e. The molecule has 2 aliphatic heterocycles. The van der Waals surface area contributed by atoms with Gasteiger partial charge in [-0.2, -0.15) is 5.26 Å². The van der Waals surface area contributed by atoms with Crippen LogP contribution in [0.25, 0.3) is 22.3 Å². The van der Waals surface area contributed by atoms with Gasteiger partial charge in [0.15, 0.2) is 5.82 Å². The molecule has 1 unspecified atom stereocenters. The zero-order chi connectivity index (χ0) is 26.4. The Balaban J connectivity index is 1.85. The lowest BCUT2D eigenvalue weighted by Crippen LogP contribution is -2.21. The van der Waals surface area contributed by atoms with Gasteiger partial charge in [-0.15, -0.1) is 11.3 Å². The first-order chi connectivity index (χ1) is 17.8. The third-order valence-electron chi connectivity index (χ3n) is 7.37. The van der Waals surface area contributed by atoms with Gasteiger partial charge < -0.3 is 15.4 Å². The zero-order valence-corrected chi connectivity index (χ0v) is 22.2. The molecular formula is C28H29F2N5OS. The van der Waals surface area contributed by atoms with Crippen molar-refractivity contribution in [2.75, 3.05) is 23.7 Å². The van der Waals surface area contributed by atoms with Gasteiger partial charge in [0.1, 0.15) is 22.4 Å². The monoisotopic (exact) mass is 521 g/mol. The van der Waals surface area contributed by atoms with Crippen molar-refractivity contribution >= 4 is 44.6 Å². The molecule has 0 spiro atoms. The second kappa shape index (κ2) is 9.84. The number of anilines is 2. The third kappa shape index (κ3) is 4.09. The highest BCUT2D eigenvalue weighted by molar-refractivity contribution is 7.17. The molecule has 0 bridgehead atoms. The second-order valence-corrected chi connectivity index (χ2v) is 10.8. The first-order valence-electron chi connectivity index (χ1n) is 12.5. The van der Waals surface area contributed by atoms with Crippen molar-refractivity contribution in [3.05, 3.63) is 56.4 Å². The number of nitrogen functional groups attached to an aromatic ring is 1. The number of benzene rings is 1. The topological polar surface area (TPSA) is 88.1 Å². The van der Waals surface area contributed by atoms with Crippen LogP contribution in [0.2, 0.25) is 0 Å². The molecule has 1 fully saturated rings. The molecule has 0 amide bonds. The minimum Gasteiger partial charge on any atom is -0.389 e. The van der Waals surface area contributed by atoms with Crippen LogP contribution in [0.4, 0.5) is 19.7 Å². The van der Waals surface area contributed by atoms with E-state index in [1.807, 2.05) is 13.8 Å². The number of nitrogens with zero attached hydrogens (tertiary/aromatic N) is 4. The first-order valence-corrected chi connectivity index (χ1v) is 13.3. The molecule has 2 N–H and O–H groups in total. The molecule has 192 valence electrons. The summed E-state index contributed by atoms with van der Waals surface area (Å²) in [5.74, 6) is -0.00499. The van der Waals surface area contributed by atoms with E-state index in [2.05, 4.69) is 22.9 Å². The van der Waals surface area contributed by atoms with Gasteiger partial charge in [-0.05, 0) is 49.3 Å². The number of thiophene rings is 1. The molecule has 1 aromatic carbocycles. The number of rotatable bonds is 5. The molecule has 1 saturated heterocycles. The molecule has 2 aliphatic rings. The molecule has 6 nitrogen and oxygen atoms in total. The van der Waals surface area contributed by atoms with Crippen molar-refractivity contribution in [2.24, 2.45) is 5.92 Å². The van der Waals surface area contributed by atoms with Crippen LogP contribution in [0.3, 0.4) is 0 Å². The number of allylic oxidation sites excluding steroid dienone is 2. The van der Waals surface area contributed by atoms with Crippen molar-refractivity contribution in [3.8, 4) is 6.07 Å². The van der Waals surface area contributed by atoms with Gasteiger partial charge in [-0.1, -0.05) is 25.5 Å². The van der Waals surface area contributed by atoms with Crippen molar-refractivity contribution in [2.45, 2.75) is 53.8 Å². The number of hydrogen-bond acceptors (Lipinski definition) is 7. The Morgan fingerprint density at radius 3 is 2.76 bits per heavy atom. The number of hydrogen-bond donors (Lipinski definition) is 1. The molecule has 0 radical (unpaired) electrons. The third-order valence-corrected chi connectivity index (χ3v) is 8.40. The molecular weight excluding hydrogens is 492 g/mol. The summed E-state index contributed by atoms with van der Waals surface area (Å²) in [5.41, 5.74) is 9.97. The Kier molecular flexibility index (Phi) is 6.73. The lowest BCUT2D eigenvalue weighted by Gasteiger charge is -2.20. The summed E-state index contributed by atoms with van der Waals surface area (Å²) < 4.78 is 37.7. The van der Waals surface area contributed by atoms with Crippen molar-refractivity contribution in [3.63, 3.8) is 0 Å². The van der Waals surface area contributed by atoms with E-state index in [1.165, 1.54) is 6.08 Å². The van der Waals surface area contributed by atoms with E-state index in [1.54, 1.807) is 13.1 Å². The van der Waals surface area contributed by atoms with Crippen LogP contribution in [-0.4, -0.2) is 23.1 Å². The number of ether oxygens (including phenoxy) is 1. The number of nitrogens with two attached hydrogens (primary N) is 1. The average molecular weight is 522 g/mol. The highest BCUT2D eigenvalue weighted by Gasteiger charge is 2.33. The molecule has 37 heavy (non-hydrogen) atoms. The van der Waals surface area contributed by atoms with Gasteiger partial charge in [-0.25, -0.2) is 18.7 Å². The summed E-state index contributed by atoms with van der Waals surface area (Å²) >= 11 is 1.00. The van der Waals surface area contributed by atoms with Gasteiger partial charge in [0.2, 0.25) is 5.95 Å². The number of nitriles is 1. The Morgan fingerprint density at radius 2 is 2.11 bits per heavy atom. The van der Waals surface area contributed by atoms with Crippen LogP contribution >= 0.6 is 11.3 Å². The van der Waals surface area contributed by atoms with E-state index in [9.17, 15) is 5.26 Å². The average Bonchev–Trinajstić information content (AvgIpc) is 3.64. The Bertz CT molecular complexity index is 1520. The highest BCUT2D eigenvalue weighted by atomic mass is 32.1. The van der Waals surface area contributed by atoms with Gasteiger partial charge in [0, 0.05) is 35.8 Å². The summed E-state index contributed by atoms with van der Waals surface area (Å²) in [7, 11) is 0. The number of fused-ring (bicyclic) bond motifs is 3. The number of aromatic nitrogens is 2. The first kappa shape index (κ1) is 25.3. The van der Waals surface area contributed by atoms with Gasteiger partial charge >= 0.3 is 0 Å². The van der Waals surface area contributed by atoms with Gasteiger partial charge in [0.25, 0.3) is 0 Å². The Hall–Kier alpha value is -3.35. The van der Waals surface area contributed by atoms with Crippen LogP contribution in [0.15, 0.2) is 17.8 Å². The molecule has 2 aromatic heterocycles. The quantitative estimate of drug-likeness (QED) is 0.401. The predicted octanol–water partition coefficient (Wildman–Crippen LogP) is 6.72. The van der Waals surface area contributed by atoms with Crippen molar-refractivity contribution < 1.29 is 13.5 Å². The fourth-order valence-corrected chi connectivity index (χ4v) is 6.25. The molecule has 4 heterocycles. The minimum absolute atomic E-state index is 0.154. The predicted molar refractivity (Wildman–Crippen MR) is 144 cm³/mol. The van der Waals surface area contributed by atoms with Crippen molar-refractivity contribution in [1.82, 2.24) is 9.97 Å². The van der Waals surface area contributed by atoms with E-state index in [-0.39, 0.29) is 27.6 Å². The van der Waals surface area contributed by atoms with Crippen LogP contribution in [0.1, 0.15) is 73.2 Å². The normalized spacial score (nSPS) is 18.4. The van der Waals surface area contributed by atoms with Gasteiger partial charge in [0.05, 0.1) is 23.7 Å². The lowest BCUT2D eigenvalue weighted by molar-refractivity contribution is 0.134. The van der Waals surface area contributed by atoms with E-state index in [0.29, 0.717) is 52.5 Å². The zero-order valence-electron chi connectivity index (χ0n) is 21.4. The maximum absolute atomic E-state index is 16.7. The van der Waals surface area contributed by atoms with Gasteiger partial charge in [-0.3, -0.25) is 0 Å². The molecule has 9 heteroatoms. The second-order valence-electron chi connectivity index (χ2n) is 9.71. The van der Waals surface area contributed by atoms with E-state index >= 15 is 8.78 Å². The molecule has 3 aromatic rings. The fourth-order valence-electron chi connectivity index (χ4n) is 5.26. The van der Waals surface area contributed by atoms with Crippen LogP contribution in [-0.2, 0) is 18.0 Å². The van der Waals surface area contributed by atoms with Crippen LogP contribution < -0.4 is 10.6 Å². The SMILES string of the molecule is C/C=C(/F)c1sc(N)c(C#N)c1C(=C(C)CC)c1c2c(c3cnc(N4CCC(C)C4)nc3c1F)COC2. The summed E-state index contributed by atoms with van der Waals surface area (Å²) in [6.45, 7) is 9.73. The standard InChI is InChI=1S/C28H29F2N5OS/c1-5-15(4)21(23-16(9-31)27(32)37-26(23)20(29)6-2)22-19-13-36-12-18(19)17-10-33-28(34-25(17)24(22)30)35-8-7-14(3)11-35/h6,10,14H,5,7-8,11-13,32H2,1-4H3/b20-6+,21-15?. The van der Waals surface area contributed by atoms with E-state index in [4.69, 9.17) is 15.5 Å².